The maximum atomic E-state index is 12.7. The average Bonchev–Trinajstić information content (AvgIpc) is 2.53. The molecule has 0 amide bonds. The lowest BCUT2D eigenvalue weighted by Gasteiger charge is -2.32. The van der Waals surface area contributed by atoms with Gasteiger partial charge in [0.05, 0.1) is 13.2 Å². The number of carbonyl (C=O) groups is 1. The standard InChI is InChI=1S/C18H23NO2/c20-18-16(13-15-5-2-1-3-6-15)7-4-8-17(18)14-19-9-11-21-12-10-19/h1-3,5-6,13,17H,4,7-12,14H2/b16-13+. The summed E-state index contributed by atoms with van der Waals surface area (Å²) in [6.07, 6.45) is 5.16. The number of rotatable bonds is 3. The van der Waals surface area contributed by atoms with E-state index in [1.54, 1.807) is 0 Å². The Balaban J connectivity index is 1.67. The zero-order valence-corrected chi connectivity index (χ0v) is 12.5. The van der Waals surface area contributed by atoms with Gasteiger partial charge in [0.1, 0.15) is 0 Å². The molecule has 1 atom stereocenters. The lowest BCUT2D eigenvalue weighted by Crippen LogP contribution is -2.42. The molecule has 1 aromatic carbocycles. The van der Waals surface area contributed by atoms with Gasteiger partial charge in [-0.25, -0.2) is 0 Å². The third kappa shape index (κ3) is 3.80. The van der Waals surface area contributed by atoms with Gasteiger partial charge < -0.3 is 4.74 Å². The van der Waals surface area contributed by atoms with Gasteiger partial charge in [-0.2, -0.15) is 0 Å². The highest BCUT2D eigenvalue weighted by Crippen LogP contribution is 2.27. The van der Waals surface area contributed by atoms with Crippen molar-refractivity contribution in [1.82, 2.24) is 4.90 Å². The van der Waals surface area contributed by atoms with Gasteiger partial charge in [0, 0.05) is 25.6 Å². The molecule has 1 aromatic rings. The van der Waals surface area contributed by atoms with Crippen molar-refractivity contribution >= 4 is 11.9 Å². The van der Waals surface area contributed by atoms with Crippen molar-refractivity contribution in [2.24, 2.45) is 5.92 Å². The number of nitrogens with zero attached hydrogens (tertiary/aromatic N) is 1. The molecule has 3 nitrogen and oxygen atoms in total. The van der Waals surface area contributed by atoms with Gasteiger partial charge in [0.2, 0.25) is 0 Å². The van der Waals surface area contributed by atoms with Gasteiger partial charge in [-0.1, -0.05) is 30.3 Å². The first-order valence-corrected chi connectivity index (χ1v) is 7.93. The summed E-state index contributed by atoms with van der Waals surface area (Å²) in [5, 5.41) is 0. The number of hydrogen-bond acceptors (Lipinski definition) is 3. The third-order valence-electron chi connectivity index (χ3n) is 4.41. The van der Waals surface area contributed by atoms with E-state index >= 15 is 0 Å². The highest BCUT2D eigenvalue weighted by atomic mass is 16.5. The number of morpholine rings is 1. The van der Waals surface area contributed by atoms with Gasteiger partial charge in [-0.05, 0) is 36.5 Å². The SMILES string of the molecule is O=C1/C(=C/c2ccccc2)CCCC1CN1CCOCC1. The van der Waals surface area contributed by atoms with E-state index in [1.807, 2.05) is 18.2 Å². The van der Waals surface area contributed by atoms with Crippen LogP contribution in [0.4, 0.5) is 0 Å². The highest BCUT2D eigenvalue weighted by Gasteiger charge is 2.28. The van der Waals surface area contributed by atoms with E-state index in [-0.39, 0.29) is 5.92 Å². The quantitative estimate of drug-likeness (QED) is 0.800. The molecular weight excluding hydrogens is 262 g/mol. The molecule has 0 bridgehead atoms. The number of Topliss-reactive ketones (excluding diaryl/α,β-unsaturated/α-hetero) is 1. The molecule has 2 fully saturated rings. The molecule has 0 aromatic heterocycles. The maximum Gasteiger partial charge on any atom is 0.163 e. The molecule has 3 heteroatoms. The molecule has 2 aliphatic rings. The minimum Gasteiger partial charge on any atom is -0.379 e. The average molecular weight is 285 g/mol. The Bertz CT molecular complexity index is 503. The number of allylic oxidation sites excluding steroid dienone is 1. The van der Waals surface area contributed by atoms with E-state index in [0.717, 1.165) is 63.2 Å². The summed E-state index contributed by atoms with van der Waals surface area (Å²) in [7, 11) is 0. The van der Waals surface area contributed by atoms with Crippen LogP contribution in [0.1, 0.15) is 24.8 Å². The Kier molecular flexibility index (Phi) is 4.84. The lowest BCUT2D eigenvalue weighted by molar-refractivity contribution is -0.121. The molecular formula is C18H23NO2. The summed E-state index contributed by atoms with van der Waals surface area (Å²) in [5.74, 6) is 0.531. The molecule has 1 unspecified atom stereocenters. The minimum atomic E-state index is 0.173. The van der Waals surface area contributed by atoms with E-state index < -0.39 is 0 Å². The monoisotopic (exact) mass is 285 g/mol. The van der Waals surface area contributed by atoms with Crippen LogP contribution < -0.4 is 0 Å². The van der Waals surface area contributed by atoms with E-state index in [0.29, 0.717) is 5.78 Å². The first kappa shape index (κ1) is 14.5. The van der Waals surface area contributed by atoms with Crippen LogP contribution in [0.2, 0.25) is 0 Å². The molecule has 1 aliphatic carbocycles. The summed E-state index contributed by atoms with van der Waals surface area (Å²) in [6.45, 7) is 4.42. The van der Waals surface area contributed by atoms with E-state index in [4.69, 9.17) is 4.74 Å². The maximum absolute atomic E-state index is 12.7. The number of ketones is 1. The second kappa shape index (κ2) is 7.01. The molecule has 0 radical (unpaired) electrons. The number of benzene rings is 1. The van der Waals surface area contributed by atoms with Crippen LogP contribution in [-0.2, 0) is 9.53 Å². The summed E-state index contributed by atoms with van der Waals surface area (Å²) in [4.78, 5) is 15.0. The first-order valence-electron chi connectivity index (χ1n) is 7.93. The van der Waals surface area contributed by atoms with Crippen LogP contribution in [0, 0.1) is 5.92 Å². The largest absolute Gasteiger partial charge is 0.379 e. The number of hydrogen-bond donors (Lipinski definition) is 0. The zero-order valence-electron chi connectivity index (χ0n) is 12.5. The first-order chi connectivity index (χ1) is 10.3. The molecule has 1 heterocycles. The molecule has 0 N–H and O–H groups in total. The van der Waals surface area contributed by atoms with Crippen LogP contribution >= 0.6 is 0 Å². The van der Waals surface area contributed by atoms with Crippen molar-refractivity contribution in [2.75, 3.05) is 32.8 Å². The second-order valence-corrected chi connectivity index (χ2v) is 5.95. The molecule has 1 saturated carbocycles. The molecule has 0 spiro atoms. The van der Waals surface area contributed by atoms with Crippen LogP contribution in [0.25, 0.3) is 6.08 Å². The lowest BCUT2D eigenvalue weighted by atomic mass is 9.83. The van der Waals surface area contributed by atoms with E-state index in [1.165, 1.54) is 0 Å². The van der Waals surface area contributed by atoms with Crippen LogP contribution in [-0.4, -0.2) is 43.5 Å². The van der Waals surface area contributed by atoms with Crippen molar-refractivity contribution in [2.45, 2.75) is 19.3 Å². The normalized spacial score (nSPS) is 26.2. The van der Waals surface area contributed by atoms with Crippen molar-refractivity contribution < 1.29 is 9.53 Å². The van der Waals surface area contributed by atoms with Crippen molar-refractivity contribution in [3.63, 3.8) is 0 Å². The van der Waals surface area contributed by atoms with Gasteiger partial charge in [0.15, 0.2) is 5.78 Å². The summed E-state index contributed by atoms with van der Waals surface area (Å²) in [6, 6.07) is 10.2. The van der Waals surface area contributed by atoms with E-state index in [9.17, 15) is 4.79 Å². The van der Waals surface area contributed by atoms with Crippen LogP contribution in [0.3, 0.4) is 0 Å². The Hall–Kier alpha value is -1.45. The Labute approximate surface area is 126 Å². The van der Waals surface area contributed by atoms with Gasteiger partial charge in [-0.15, -0.1) is 0 Å². The smallest absolute Gasteiger partial charge is 0.163 e. The second-order valence-electron chi connectivity index (χ2n) is 5.95. The molecule has 3 rings (SSSR count). The Morgan fingerprint density at radius 2 is 1.95 bits per heavy atom. The number of ether oxygens (including phenoxy) is 1. The Morgan fingerprint density at radius 3 is 2.71 bits per heavy atom. The predicted octanol–water partition coefficient (Wildman–Crippen LogP) is 2.77. The fourth-order valence-corrected chi connectivity index (χ4v) is 3.22. The van der Waals surface area contributed by atoms with E-state index in [2.05, 4.69) is 23.1 Å². The minimum absolute atomic E-state index is 0.173. The molecule has 21 heavy (non-hydrogen) atoms. The molecule has 1 saturated heterocycles. The summed E-state index contributed by atoms with van der Waals surface area (Å²) < 4.78 is 5.38. The summed E-state index contributed by atoms with van der Waals surface area (Å²) in [5.41, 5.74) is 2.14. The van der Waals surface area contributed by atoms with Gasteiger partial charge in [0.25, 0.3) is 0 Å². The fraction of sp³-hybridized carbons (Fsp3) is 0.500. The van der Waals surface area contributed by atoms with Crippen molar-refractivity contribution in [3.05, 3.63) is 41.5 Å². The zero-order chi connectivity index (χ0) is 14.5. The fourth-order valence-electron chi connectivity index (χ4n) is 3.22. The van der Waals surface area contributed by atoms with Crippen molar-refractivity contribution in [1.29, 1.82) is 0 Å². The predicted molar refractivity (Wildman–Crippen MR) is 84.0 cm³/mol. The van der Waals surface area contributed by atoms with Gasteiger partial charge in [-0.3, -0.25) is 9.69 Å². The van der Waals surface area contributed by atoms with Crippen LogP contribution in [0.5, 0.6) is 0 Å². The molecule has 1 aliphatic heterocycles. The van der Waals surface area contributed by atoms with Gasteiger partial charge >= 0.3 is 0 Å². The highest BCUT2D eigenvalue weighted by molar-refractivity contribution is 6.01. The topological polar surface area (TPSA) is 29.5 Å². The summed E-state index contributed by atoms with van der Waals surface area (Å²) >= 11 is 0. The van der Waals surface area contributed by atoms with Crippen molar-refractivity contribution in [3.8, 4) is 0 Å². The van der Waals surface area contributed by atoms with Crippen LogP contribution in [0.15, 0.2) is 35.9 Å². The third-order valence-corrected chi connectivity index (χ3v) is 4.41. The Morgan fingerprint density at radius 1 is 1.19 bits per heavy atom. The number of carbonyl (C=O) groups excluding carboxylic acids is 1. The molecule has 112 valence electrons.